The summed E-state index contributed by atoms with van der Waals surface area (Å²) >= 11 is 0. The van der Waals surface area contributed by atoms with Crippen LogP contribution in [0.2, 0.25) is 0 Å². The lowest BCUT2D eigenvalue weighted by Gasteiger charge is -2.37. The van der Waals surface area contributed by atoms with Gasteiger partial charge in [0.15, 0.2) is 0 Å². The molecule has 0 atom stereocenters. The van der Waals surface area contributed by atoms with Crippen LogP contribution in [0, 0.1) is 19.8 Å². The highest BCUT2D eigenvalue weighted by Gasteiger charge is 2.32. The van der Waals surface area contributed by atoms with Gasteiger partial charge in [-0.25, -0.2) is 8.42 Å². The number of fused-ring (bicyclic) bond motifs is 1. The van der Waals surface area contributed by atoms with Crippen LogP contribution < -0.4 is 0 Å². The lowest BCUT2D eigenvalue weighted by molar-refractivity contribution is -0.938. The summed E-state index contributed by atoms with van der Waals surface area (Å²) in [6.45, 7) is 14.5. The number of sulfonamides is 1. The van der Waals surface area contributed by atoms with Gasteiger partial charge in [-0.2, -0.15) is 4.31 Å². The molecule has 0 heterocycles. The van der Waals surface area contributed by atoms with Crippen LogP contribution in [0.1, 0.15) is 56.2 Å². The summed E-state index contributed by atoms with van der Waals surface area (Å²) in [4.78, 5) is 0.420. The quantitative estimate of drug-likeness (QED) is 0.191. The van der Waals surface area contributed by atoms with E-state index in [9.17, 15) is 8.42 Å². The van der Waals surface area contributed by atoms with Crippen molar-refractivity contribution in [1.82, 2.24) is 4.31 Å². The molecule has 4 rings (SSSR count). The minimum atomic E-state index is -3.50. The minimum Gasteiger partial charge on any atom is -0.320 e. The van der Waals surface area contributed by atoms with Crippen molar-refractivity contribution >= 4 is 20.8 Å². The van der Waals surface area contributed by atoms with Crippen molar-refractivity contribution < 1.29 is 12.9 Å². The Labute approximate surface area is 218 Å². The van der Waals surface area contributed by atoms with Crippen LogP contribution in [0.5, 0.6) is 0 Å². The van der Waals surface area contributed by atoms with E-state index in [-0.39, 0.29) is 0 Å². The fourth-order valence-electron chi connectivity index (χ4n) is 5.50. The van der Waals surface area contributed by atoms with Crippen LogP contribution in [-0.4, -0.2) is 49.9 Å². The molecule has 1 aliphatic carbocycles. The molecule has 0 spiro atoms. The van der Waals surface area contributed by atoms with Crippen molar-refractivity contribution in [3.05, 3.63) is 77.4 Å². The Hall–Kier alpha value is -2.21. The van der Waals surface area contributed by atoms with E-state index in [4.69, 9.17) is 0 Å². The maximum atomic E-state index is 13.7. The van der Waals surface area contributed by atoms with Crippen LogP contribution >= 0.6 is 0 Å². The van der Waals surface area contributed by atoms with Gasteiger partial charge in [0.2, 0.25) is 10.0 Å². The molecule has 0 radical (unpaired) electrons. The Morgan fingerprint density at radius 2 is 1.53 bits per heavy atom. The Morgan fingerprint density at radius 3 is 2.17 bits per heavy atom. The minimum absolute atomic E-state index is 0.420. The summed E-state index contributed by atoms with van der Waals surface area (Å²) < 4.78 is 30.2. The molecule has 0 N–H and O–H groups in total. The third-order valence-corrected chi connectivity index (χ3v) is 9.81. The molecule has 1 fully saturated rings. The van der Waals surface area contributed by atoms with E-state index < -0.39 is 10.0 Å². The zero-order valence-corrected chi connectivity index (χ0v) is 23.4. The van der Waals surface area contributed by atoms with E-state index in [1.807, 2.05) is 36.4 Å². The number of quaternary nitrogens is 1. The smallest absolute Gasteiger partial charge is 0.243 e. The van der Waals surface area contributed by atoms with Crippen LogP contribution in [0.4, 0.5) is 0 Å². The van der Waals surface area contributed by atoms with Crippen molar-refractivity contribution in [2.75, 3.05) is 32.7 Å². The van der Waals surface area contributed by atoms with Gasteiger partial charge in [0, 0.05) is 18.7 Å². The SMILES string of the molecule is CC[N+](CC)(CCCCN(CC1CC1)S(=O)(=O)c1ccc2ccccc2c1)Cc1cc(C)cc(C)c1. The summed E-state index contributed by atoms with van der Waals surface area (Å²) in [5, 5.41) is 2.05. The standard InChI is InChI=1S/C31H43N2O2S/c1-5-33(6-2,24-28-20-25(3)19-26(4)21-28)18-10-9-17-32(23-27-13-14-27)36(34,35)31-16-15-29-11-7-8-12-30(29)22-31/h7-8,11-12,15-16,19-22,27H,5-6,9-10,13-14,17-18,23-24H2,1-4H3/q+1. The van der Waals surface area contributed by atoms with Crippen LogP contribution in [0.25, 0.3) is 10.8 Å². The summed E-state index contributed by atoms with van der Waals surface area (Å²) in [6, 6.07) is 20.4. The first kappa shape index (κ1) is 26.8. The average molecular weight is 508 g/mol. The Balaban J connectivity index is 1.43. The predicted octanol–water partition coefficient (Wildman–Crippen LogP) is 6.69. The van der Waals surface area contributed by atoms with Crippen molar-refractivity contribution in [1.29, 1.82) is 0 Å². The molecule has 3 aromatic carbocycles. The summed E-state index contributed by atoms with van der Waals surface area (Å²) in [5.41, 5.74) is 4.06. The van der Waals surface area contributed by atoms with Crippen molar-refractivity contribution in [3.8, 4) is 0 Å². The lowest BCUT2D eigenvalue weighted by Crippen LogP contribution is -2.47. The molecule has 0 bridgehead atoms. The molecule has 0 aromatic heterocycles. The van der Waals surface area contributed by atoms with Crippen molar-refractivity contribution in [2.24, 2.45) is 5.92 Å². The van der Waals surface area contributed by atoms with Crippen LogP contribution in [0.15, 0.2) is 65.6 Å². The summed E-state index contributed by atoms with van der Waals surface area (Å²) in [6.07, 6.45) is 4.21. The zero-order valence-electron chi connectivity index (χ0n) is 22.5. The third-order valence-electron chi connectivity index (χ3n) is 7.95. The van der Waals surface area contributed by atoms with Gasteiger partial charge in [0.05, 0.1) is 24.5 Å². The van der Waals surface area contributed by atoms with Crippen molar-refractivity contribution in [2.45, 2.75) is 64.8 Å². The second-order valence-electron chi connectivity index (χ2n) is 10.9. The molecular formula is C31H43N2O2S+. The van der Waals surface area contributed by atoms with E-state index in [0.29, 0.717) is 23.9 Å². The number of hydrogen-bond acceptors (Lipinski definition) is 2. The van der Waals surface area contributed by atoms with E-state index in [2.05, 4.69) is 45.9 Å². The van der Waals surface area contributed by atoms with E-state index in [0.717, 1.165) is 67.1 Å². The van der Waals surface area contributed by atoms with Gasteiger partial charge in [-0.15, -0.1) is 0 Å². The van der Waals surface area contributed by atoms with Gasteiger partial charge < -0.3 is 4.48 Å². The molecule has 0 saturated heterocycles. The number of aryl methyl sites for hydroxylation is 2. The Bertz CT molecular complexity index is 1260. The van der Waals surface area contributed by atoms with Gasteiger partial charge >= 0.3 is 0 Å². The average Bonchev–Trinajstić information content (AvgIpc) is 3.68. The number of benzene rings is 3. The second kappa shape index (κ2) is 11.5. The maximum Gasteiger partial charge on any atom is 0.243 e. The van der Waals surface area contributed by atoms with Gasteiger partial charge in [-0.3, -0.25) is 0 Å². The van der Waals surface area contributed by atoms with Crippen molar-refractivity contribution in [3.63, 3.8) is 0 Å². The highest BCUT2D eigenvalue weighted by atomic mass is 32.2. The fourth-order valence-corrected chi connectivity index (χ4v) is 7.09. The largest absolute Gasteiger partial charge is 0.320 e. The highest BCUT2D eigenvalue weighted by molar-refractivity contribution is 7.89. The monoisotopic (exact) mass is 507 g/mol. The predicted molar refractivity (Wildman–Crippen MR) is 150 cm³/mol. The summed E-state index contributed by atoms with van der Waals surface area (Å²) in [7, 11) is -3.50. The molecule has 3 aromatic rings. The van der Waals surface area contributed by atoms with E-state index in [1.165, 1.54) is 16.7 Å². The Morgan fingerprint density at radius 1 is 0.861 bits per heavy atom. The van der Waals surface area contributed by atoms with Gasteiger partial charge in [-0.05, 0) is 82.2 Å². The molecule has 194 valence electrons. The first-order chi connectivity index (χ1) is 17.2. The fraction of sp³-hybridized carbons (Fsp3) is 0.484. The lowest BCUT2D eigenvalue weighted by atomic mass is 10.1. The molecular weight excluding hydrogens is 464 g/mol. The van der Waals surface area contributed by atoms with Crippen LogP contribution in [-0.2, 0) is 16.6 Å². The Kier molecular flexibility index (Phi) is 8.54. The van der Waals surface area contributed by atoms with E-state index >= 15 is 0 Å². The number of rotatable bonds is 13. The number of hydrogen-bond donors (Lipinski definition) is 0. The molecule has 0 aliphatic heterocycles. The van der Waals surface area contributed by atoms with Crippen LogP contribution in [0.3, 0.4) is 0 Å². The molecule has 1 saturated carbocycles. The zero-order chi connectivity index (χ0) is 25.8. The topological polar surface area (TPSA) is 37.4 Å². The first-order valence-electron chi connectivity index (χ1n) is 13.7. The van der Waals surface area contributed by atoms with Gasteiger partial charge in [0.1, 0.15) is 6.54 Å². The molecule has 1 aliphatic rings. The molecule has 5 heteroatoms. The first-order valence-corrected chi connectivity index (χ1v) is 15.1. The molecule has 0 amide bonds. The third kappa shape index (κ3) is 6.56. The molecule has 0 unspecified atom stereocenters. The molecule has 4 nitrogen and oxygen atoms in total. The van der Waals surface area contributed by atoms with Gasteiger partial charge in [0.25, 0.3) is 0 Å². The normalized spacial score (nSPS) is 14.6. The summed E-state index contributed by atoms with van der Waals surface area (Å²) in [5.74, 6) is 0.519. The second-order valence-corrected chi connectivity index (χ2v) is 12.8. The van der Waals surface area contributed by atoms with Gasteiger partial charge in [-0.1, -0.05) is 59.7 Å². The maximum absolute atomic E-state index is 13.7. The highest BCUT2D eigenvalue weighted by Crippen LogP contribution is 2.32. The molecule has 36 heavy (non-hydrogen) atoms. The van der Waals surface area contributed by atoms with E-state index in [1.54, 1.807) is 10.4 Å². The number of unbranched alkanes of at least 4 members (excludes halogenated alkanes) is 1. The number of nitrogens with zero attached hydrogens (tertiary/aromatic N) is 2.